The Labute approximate surface area is 191 Å². The smallest absolute Gasteiger partial charge is 0.339 e. The van der Waals surface area contributed by atoms with E-state index in [1.807, 2.05) is 17.5 Å². The van der Waals surface area contributed by atoms with Crippen LogP contribution in [0.4, 0.5) is 4.39 Å². The van der Waals surface area contributed by atoms with E-state index in [0.717, 1.165) is 4.88 Å². The molecule has 0 saturated carbocycles. The molecule has 0 radical (unpaired) electrons. The zero-order chi connectivity index (χ0) is 22.8. The van der Waals surface area contributed by atoms with Crippen LogP contribution in [-0.4, -0.2) is 40.6 Å². The molecular weight excluding hydrogens is 457 g/mol. The fourth-order valence-electron chi connectivity index (χ4n) is 3.13. The number of hydrogen-bond donors (Lipinski definition) is 0. The van der Waals surface area contributed by atoms with Crippen molar-refractivity contribution in [3.63, 3.8) is 0 Å². The van der Waals surface area contributed by atoms with E-state index in [9.17, 15) is 14.0 Å². The minimum atomic E-state index is -0.716. The molecule has 0 fully saturated rings. The molecule has 10 heteroatoms. The lowest BCUT2D eigenvalue weighted by Gasteiger charge is -2.18. The van der Waals surface area contributed by atoms with Crippen molar-refractivity contribution in [1.82, 2.24) is 15.0 Å². The van der Waals surface area contributed by atoms with Crippen molar-refractivity contribution in [2.24, 2.45) is 0 Å². The summed E-state index contributed by atoms with van der Waals surface area (Å²) >= 11 is 7.48. The van der Waals surface area contributed by atoms with Crippen molar-refractivity contribution in [3.8, 4) is 10.6 Å². The molecule has 3 aromatic heterocycles. The van der Waals surface area contributed by atoms with Crippen LogP contribution >= 0.6 is 22.9 Å². The normalized spacial score (nSPS) is 11.0. The summed E-state index contributed by atoms with van der Waals surface area (Å²) in [6.45, 7) is 1.10. The van der Waals surface area contributed by atoms with E-state index in [1.54, 1.807) is 19.1 Å². The van der Waals surface area contributed by atoms with Crippen molar-refractivity contribution >= 4 is 45.9 Å². The van der Waals surface area contributed by atoms with Gasteiger partial charge in [-0.05, 0) is 36.6 Å². The Hall–Kier alpha value is -3.30. The summed E-state index contributed by atoms with van der Waals surface area (Å²) in [6, 6.07) is 9.61. The molecule has 7 nitrogen and oxygen atoms in total. The number of ether oxygens (including phenoxy) is 1. The number of aromatic nitrogens is 2. The van der Waals surface area contributed by atoms with Gasteiger partial charge in [0.05, 0.1) is 27.2 Å². The number of carbonyl (C=O) groups is 2. The lowest BCUT2D eigenvalue weighted by Crippen LogP contribution is -2.31. The number of nitrogens with zero attached hydrogens (tertiary/aromatic N) is 3. The summed E-state index contributed by atoms with van der Waals surface area (Å²) in [6.07, 6.45) is 0. The molecule has 0 aliphatic carbocycles. The minimum absolute atomic E-state index is 0.0608. The zero-order valence-corrected chi connectivity index (χ0v) is 18.7. The van der Waals surface area contributed by atoms with Gasteiger partial charge in [-0.15, -0.1) is 11.3 Å². The van der Waals surface area contributed by atoms with Crippen molar-refractivity contribution < 1.29 is 23.2 Å². The molecular formula is C22H17ClFN3O4S. The summed E-state index contributed by atoms with van der Waals surface area (Å²) in [5.74, 6) is -1.74. The van der Waals surface area contributed by atoms with Gasteiger partial charge in [0.1, 0.15) is 5.82 Å². The highest BCUT2D eigenvalue weighted by Crippen LogP contribution is 2.29. The number of hydrogen-bond acceptors (Lipinski definition) is 7. The van der Waals surface area contributed by atoms with Crippen LogP contribution in [0.25, 0.3) is 21.7 Å². The monoisotopic (exact) mass is 473 g/mol. The Morgan fingerprint density at radius 2 is 2.09 bits per heavy atom. The summed E-state index contributed by atoms with van der Waals surface area (Å²) in [5, 5.41) is 6.41. The number of thiophene rings is 1. The predicted molar refractivity (Wildman–Crippen MR) is 118 cm³/mol. The van der Waals surface area contributed by atoms with Gasteiger partial charge < -0.3 is 14.2 Å². The molecule has 0 unspecified atom stereocenters. The molecule has 0 N–H and O–H groups in total. The molecule has 1 aromatic carbocycles. The summed E-state index contributed by atoms with van der Waals surface area (Å²) < 4.78 is 24.5. The first-order valence-electron chi connectivity index (χ1n) is 9.50. The molecule has 0 aliphatic rings. The van der Waals surface area contributed by atoms with E-state index in [4.69, 9.17) is 20.9 Å². The maximum atomic E-state index is 14.0. The van der Waals surface area contributed by atoms with Crippen LogP contribution < -0.4 is 0 Å². The van der Waals surface area contributed by atoms with Crippen LogP contribution in [-0.2, 0) is 16.1 Å². The molecule has 32 heavy (non-hydrogen) atoms. The molecule has 0 atom stereocenters. The average molecular weight is 474 g/mol. The molecule has 4 aromatic rings. The second kappa shape index (κ2) is 9.05. The predicted octanol–water partition coefficient (Wildman–Crippen LogP) is 4.87. The van der Waals surface area contributed by atoms with E-state index >= 15 is 0 Å². The largest absolute Gasteiger partial charge is 0.452 e. The maximum absolute atomic E-state index is 14.0. The number of benzene rings is 1. The van der Waals surface area contributed by atoms with Gasteiger partial charge in [-0.1, -0.05) is 28.9 Å². The Morgan fingerprint density at radius 3 is 2.81 bits per heavy atom. The standard InChI is InChI=1S/C22H17ClFN3O4S/c1-12-20-13(9-17(18-7-4-8-32-18)25-21(20)31-26-12)22(29)30-11-19(28)27(2)10-14-15(23)5-3-6-16(14)24/h3-9H,10-11H2,1-2H3. The maximum Gasteiger partial charge on any atom is 0.339 e. The van der Waals surface area contributed by atoms with Crippen LogP contribution in [0.5, 0.6) is 0 Å². The number of amides is 1. The highest BCUT2D eigenvalue weighted by atomic mass is 35.5. The van der Waals surface area contributed by atoms with Gasteiger partial charge in [-0.25, -0.2) is 14.2 Å². The molecule has 164 valence electrons. The number of likely N-dealkylation sites (N-methyl/N-ethyl adjacent to an activating group) is 1. The van der Waals surface area contributed by atoms with Crippen LogP contribution in [0.2, 0.25) is 5.02 Å². The van der Waals surface area contributed by atoms with Gasteiger partial charge in [0.15, 0.2) is 6.61 Å². The molecule has 0 aliphatic heterocycles. The quantitative estimate of drug-likeness (QED) is 0.371. The number of halogens is 2. The fraction of sp³-hybridized carbons (Fsp3) is 0.182. The highest BCUT2D eigenvalue weighted by Gasteiger charge is 2.22. The Kier molecular flexibility index (Phi) is 6.20. The lowest BCUT2D eigenvalue weighted by atomic mass is 10.1. The lowest BCUT2D eigenvalue weighted by molar-refractivity contribution is -0.133. The van der Waals surface area contributed by atoms with Crippen molar-refractivity contribution in [2.45, 2.75) is 13.5 Å². The summed E-state index contributed by atoms with van der Waals surface area (Å²) in [5.41, 5.74) is 1.61. The van der Waals surface area contributed by atoms with Crippen LogP contribution in [0.15, 0.2) is 46.3 Å². The van der Waals surface area contributed by atoms with Gasteiger partial charge in [0.25, 0.3) is 11.6 Å². The van der Waals surface area contributed by atoms with Gasteiger partial charge >= 0.3 is 5.97 Å². The number of esters is 1. The molecule has 3 heterocycles. The Bertz CT molecular complexity index is 1290. The molecule has 0 saturated heterocycles. The minimum Gasteiger partial charge on any atom is -0.452 e. The third-order valence-corrected chi connectivity index (χ3v) is 6.07. The van der Waals surface area contributed by atoms with Crippen LogP contribution in [0, 0.1) is 12.7 Å². The highest BCUT2D eigenvalue weighted by molar-refractivity contribution is 7.13. The molecule has 4 rings (SSSR count). The second-order valence-corrected chi connectivity index (χ2v) is 8.36. The zero-order valence-electron chi connectivity index (χ0n) is 17.1. The SMILES string of the molecule is Cc1noc2nc(-c3cccs3)cc(C(=O)OCC(=O)N(C)Cc3c(F)cccc3Cl)c12. The van der Waals surface area contributed by atoms with Crippen LogP contribution in [0.3, 0.4) is 0 Å². The molecule has 0 spiro atoms. The van der Waals surface area contributed by atoms with Gasteiger partial charge in [-0.3, -0.25) is 4.79 Å². The fourth-order valence-corrected chi connectivity index (χ4v) is 4.04. The van der Waals surface area contributed by atoms with Crippen molar-refractivity contribution in [1.29, 1.82) is 0 Å². The third kappa shape index (κ3) is 4.35. The number of fused-ring (bicyclic) bond motifs is 1. The van der Waals surface area contributed by atoms with Gasteiger partial charge in [-0.2, -0.15) is 0 Å². The number of aryl methyl sites for hydroxylation is 1. The van der Waals surface area contributed by atoms with E-state index < -0.39 is 24.3 Å². The molecule has 0 bridgehead atoms. The van der Waals surface area contributed by atoms with Crippen LogP contribution in [0.1, 0.15) is 21.6 Å². The Morgan fingerprint density at radius 1 is 1.28 bits per heavy atom. The number of rotatable bonds is 6. The van der Waals surface area contributed by atoms with E-state index in [0.29, 0.717) is 16.8 Å². The Balaban J connectivity index is 1.51. The second-order valence-electron chi connectivity index (χ2n) is 7.01. The number of pyridine rings is 1. The van der Waals surface area contributed by atoms with E-state index in [1.165, 1.54) is 35.4 Å². The first kappa shape index (κ1) is 21.9. The van der Waals surface area contributed by atoms with Crippen molar-refractivity contribution in [2.75, 3.05) is 13.7 Å². The number of carbonyl (C=O) groups excluding carboxylic acids is 2. The summed E-state index contributed by atoms with van der Waals surface area (Å²) in [7, 11) is 1.47. The van der Waals surface area contributed by atoms with E-state index in [-0.39, 0.29) is 28.4 Å². The van der Waals surface area contributed by atoms with Crippen molar-refractivity contribution in [3.05, 3.63) is 69.4 Å². The topological polar surface area (TPSA) is 85.5 Å². The van der Waals surface area contributed by atoms with Gasteiger partial charge in [0, 0.05) is 24.2 Å². The van der Waals surface area contributed by atoms with Gasteiger partial charge in [0.2, 0.25) is 0 Å². The average Bonchev–Trinajstić information content (AvgIpc) is 3.44. The molecule has 1 amide bonds. The first-order valence-corrected chi connectivity index (χ1v) is 10.8. The third-order valence-electron chi connectivity index (χ3n) is 4.82. The summed E-state index contributed by atoms with van der Waals surface area (Å²) in [4.78, 5) is 31.8. The first-order chi connectivity index (χ1) is 15.3. The van der Waals surface area contributed by atoms with E-state index in [2.05, 4.69) is 10.1 Å².